The van der Waals surface area contributed by atoms with E-state index >= 15 is 0 Å². The highest BCUT2D eigenvalue weighted by molar-refractivity contribution is 7.10. The van der Waals surface area contributed by atoms with E-state index in [1.54, 1.807) is 0 Å². The highest BCUT2D eigenvalue weighted by Crippen LogP contribution is 2.29. The second-order valence-corrected chi connectivity index (χ2v) is 7.70. The van der Waals surface area contributed by atoms with Crippen LogP contribution in [0.15, 0.2) is 41.9 Å². The smallest absolute Gasteiger partial charge is 0.256 e. The molecule has 24 heavy (non-hydrogen) atoms. The standard InChI is InChI=1S/C19H19N3OS/c23-19(16-9-20-17-4-2-1-3-15(16)17)22-11-14(12-22)21-7-5-18-13(10-21)6-8-24-18/h1-4,6,8-9,14,20H,5,7,10-12H2. The van der Waals surface area contributed by atoms with Crippen LogP contribution >= 0.6 is 11.3 Å². The summed E-state index contributed by atoms with van der Waals surface area (Å²) in [7, 11) is 0. The molecule has 1 aromatic carbocycles. The van der Waals surface area contributed by atoms with Crippen molar-refractivity contribution < 1.29 is 4.79 Å². The number of rotatable bonds is 2. The third-order valence-electron chi connectivity index (χ3n) is 5.32. The number of nitrogens with zero attached hydrogens (tertiary/aromatic N) is 2. The molecule has 2 aliphatic heterocycles. The largest absolute Gasteiger partial charge is 0.360 e. The molecule has 0 saturated carbocycles. The average Bonchev–Trinajstić information content (AvgIpc) is 3.19. The van der Waals surface area contributed by atoms with Crippen molar-refractivity contribution in [1.82, 2.24) is 14.8 Å². The normalized spacial score (nSPS) is 18.6. The van der Waals surface area contributed by atoms with E-state index in [0.29, 0.717) is 6.04 Å². The lowest BCUT2D eigenvalue weighted by Gasteiger charge is -2.46. The van der Waals surface area contributed by atoms with Crippen molar-refractivity contribution >= 4 is 28.1 Å². The zero-order chi connectivity index (χ0) is 16.1. The minimum Gasteiger partial charge on any atom is -0.360 e. The Hall–Kier alpha value is -2.11. The number of aromatic amines is 1. The number of hydrogen-bond donors (Lipinski definition) is 1. The van der Waals surface area contributed by atoms with Crippen molar-refractivity contribution in [2.24, 2.45) is 0 Å². The van der Waals surface area contributed by atoms with Crippen LogP contribution < -0.4 is 0 Å². The van der Waals surface area contributed by atoms with Gasteiger partial charge in [0.25, 0.3) is 5.91 Å². The maximum atomic E-state index is 12.8. The van der Waals surface area contributed by atoms with Crippen molar-refractivity contribution in [3.8, 4) is 0 Å². The SMILES string of the molecule is O=C(c1c[nH]c2ccccc12)N1CC(N2CCc3sccc3C2)C1. The fourth-order valence-electron chi connectivity index (χ4n) is 3.85. The average molecular weight is 337 g/mol. The number of benzene rings is 1. The first-order chi connectivity index (χ1) is 11.8. The van der Waals surface area contributed by atoms with Crippen molar-refractivity contribution in [3.05, 3.63) is 57.9 Å². The Bertz CT molecular complexity index is 906. The molecule has 0 unspecified atom stereocenters. The van der Waals surface area contributed by atoms with Gasteiger partial charge in [-0.2, -0.15) is 0 Å². The summed E-state index contributed by atoms with van der Waals surface area (Å²) in [5.74, 6) is 0.150. The van der Waals surface area contributed by atoms with Crippen molar-refractivity contribution in [2.75, 3.05) is 19.6 Å². The number of amides is 1. The van der Waals surface area contributed by atoms with Crippen LogP contribution in [0, 0.1) is 0 Å². The number of aromatic nitrogens is 1. The monoisotopic (exact) mass is 337 g/mol. The summed E-state index contributed by atoms with van der Waals surface area (Å²) in [6.07, 6.45) is 3.00. The van der Waals surface area contributed by atoms with E-state index in [9.17, 15) is 4.79 Å². The van der Waals surface area contributed by atoms with Crippen LogP contribution in [0.1, 0.15) is 20.8 Å². The van der Waals surface area contributed by atoms with Crippen LogP contribution in [-0.2, 0) is 13.0 Å². The Morgan fingerprint density at radius 3 is 3.00 bits per heavy atom. The molecule has 0 spiro atoms. The van der Waals surface area contributed by atoms with Gasteiger partial charge in [-0.05, 0) is 29.5 Å². The lowest BCUT2D eigenvalue weighted by molar-refractivity contribution is 0.0222. The molecular formula is C19H19N3OS. The van der Waals surface area contributed by atoms with Gasteiger partial charge < -0.3 is 9.88 Å². The topological polar surface area (TPSA) is 39.3 Å². The molecule has 5 heteroatoms. The predicted molar refractivity (Wildman–Crippen MR) is 96.4 cm³/mol. The zero-order valence-electron chi connectivity index (χ0n) is 13.4. The Balaban J connectivity index is 1.27. The summed E-state index contributed by atoms with van der Waals surface area (Å²) in [5.41, 5.74) is 3.30. The maximum absolute atomic E-state index is 12.8. The first-order valence-corrected chi connectivity index (χ1v) is 9.32. The number of nitrogens with one attached hydrogen (secondary N) is 1. The van der Waals surface area contributed by atoms with Gasteiger partial charge in [0.2, 0.25) is 0 Å². The molecule has 1 N–H and O–H groups in total. The van der Waals surface area contributed by atoms with Crippen molar-refractivity contribution in [1.29, 1.82) is 0 Å². The number of thiophene rings is 1. The summed E-state index contributed by atoms with van der Waals surface area (Å²) in [6.45, 7) is 3.85. The van der Waals surface area contributed by atoms with E-state index in [-0.39, 0.29) is 5.91 Å². The molecule has 3 aromatic rings. The van der Waals surface area contributed by atoms with Crippen LogP contribution in [0.4, 0.5) is 0 Å². The molecule has 0 atom stereocenters. The van der Waals surface area contributed by atoms with Gasteiger partial charge in [-0.25, -0.2) is 0 Å². The van der Waals surface area contributed by atoms with Crippen LogP contribution in [0.3, 0.4) is 0 Å². The lowest BCUT2D eigenvalue weighted by Crippen LogP contribution is -2.61. The van der Waals surface area contributed by atoms with Crippen LogP contribution in [-0.4, -0.2) is 46.4 Å². The molecule has 0 aliphatic carbocycles. The number of fused-ring (bicyclic) bond motifs is 2. The molecule has 5 rings (SSSR count). The quantitative estimate of drug-likeness (QED) is 0.780. The second-order valence-electron chi connectivity index (χ2n) is 6.70. The van der Waals surface area contributed by atoms with E-state index in [4.69, 9.17) is 0 Å². The molecule has 122 valence electrons. The Labute approximate surface area is 144 Å². The van der Waals surface area contributed by atoms with E-state index < -0.39 is 0 Å². The molecule has 2 aromatic heterocycles. The molecule has 1 fully saturated rings. The number of carbonyl (C=O) groups excluding carboxylic acids is 1. The van der Waals surface area contributed by atoms with E-state index in [0.717, 1.165) is 49.1 Å². The molecule has 0 bridgehead atoms. The number of carbonyl (C=O) groups is 1. The van der Waals surface area contributed by atoms with Crippen LogP contribution in [0.2, 0.25) is 0 Å². The van der Waals surface area contributed by atoms with E-state index in [1.165, 1.54) is 10.4 Å². The zero-order valence-corrected chi connectivity index (χ0v) is 14.2. The summed E-state index contributed by atoms with van der Waals surface area (Å²) in [5, 5.41) is 3.22. The first-order valence-electron chi connectivity index (χ1n) is 8.44. The van der Waals surface area contributed by atoms with Gasteiger partial charge in [0.05, 0.1) is 5.56 Å². The van der Waals surface area contributed by atoms with Gasteiger partial charge in [-0.1, -0.05) is 18.2 Å². The predicted octanol–water partition coefficient (Wildman–Crippen LogP) is 3.11. The summed E-state index contributed by atoms with van der Waals surface area (Å²) in [6, 6.07) is 10.8. The van der Waals surface area contributed by atoms with Crippen LogP contribution in [0.25, 0.3) is 10.9 Å². The van der Waals surface area contributed by atoms with Crippen molar-refractivity contribution in [3.63, 3.8) is 0 Å². The highest BCUT2D eigenvalue weighted by atomic mass is 32.1. The third-order valence-corrected chi connectivity index (χ3v) is 6.35. The number of para-hydroxylation sites is 1. The highest BCUT2D eigenvalue weighted by Gasteiger charge is 2.37. The molecular weight excluding hydrogens is 318 g/mol. The summed E-state index contributed by atoms with van der Waals surface area (Å²) < 4.78 is 0. The Kier molecular flexibility index (Phi) is 3.24. The van der Waals surface area contributed by atoms with E-state index in [2.05, 4.69) is 21.3 Å². The second kappa shape index (κ2) is 5.46. The molecule has 4 heterocycles. The third kappa shape index (κ3) is 2.19. The maximum Gasteiger partial charge on any atom is 0.256 e. The lowest BCUT2D eigenvalue weighted by atomic mass is 10.0. The Morgan fingerprint density at radius 1 is 1.21 bits per heavy atom. The first kappa shape index (κ1) is 14.3. The van der Waals surface area contributed by atoms with Gasteiger partial charge >= 0.3 is 0 Å². The van der Waals surface area contributed by atoms with Gasteiger partial charge in [0.1, 0.15) is 0 Å². The molecule has 4 nitrogen and oxygen atoms in total. The van der Waals surface area contributed by atoms with E-state index in [1.807, 2.05) is 46.7 Å². The molecule has 2 aliphatic rings. The van der Waals surface area contributed by atoms with Gasteiger partial charge in [0.15, 0.2) is 0 Å². The van der Waals surface area contributed by atoms with Crippen molar-refractivity contribution in [2.45, 2.75) is 19.0 Å². The van der Waals surface area contributed by atoms with Gasteiger partial charge in [-0.15, -0.1) is 11.3 Å². The minimum atomic E-state index is 0.150. The minimum absolute atomic E-state index is 0.150. The summed E-state index contributed by atoms with van der Waals surface area (Å²) in [4.78, 5) is 22.0. The fourth-order valence-corrected chi connectivity index (χ4v) is 4.74. The fraction of sp³-hybridized carbons (Fsp3) is 0.316. The number of H-pyrrole nitrogens is 1. The number of likely N-dealkylation sites (tertiary alicyclic amines) is 1. The number of hydrogen-bond acceptors (Lipinski definition) is 3. The molecule has 1 amide bonds. The summed E-state index contributed by atoms with van der Waals surface area (Å²) >= 11 is 1.87. The Morgan fingerprint density at radius 2 is 2.08 bits per heavy atom. The van der Waals surface area contributed by atoms with Gasteiger partial charge in [-0.3, -0.25) is 9.69 Å². The molecule has 1 saturated heterocycles. The van der Waals surface area contributed by atoms with Crippen LogP contribution in [0.5, 0.6) is 0 Å². The van der Waals surface area contributed by atoms with Gasteiger partial charge in [0, 0.05) is 54.2 Å². The molecule has 0 radical (unpaired) electrons.